The van der Waals surface area contributed by atoms with Crippen LogP contribution in [0.1, 0.15) is 33.6 Å². The number of hydrogen-bond donors (Lipinski definition) is 0. The molecule has 0 saturated carbocycles. The van der Waals surface area contributed by atoms with Crippen LogP contribution in [-0.4, -0.2) is 4.98 Å². The molecule has 1 heterocycles. The predicted octanol–water partition coefficient (Wildman–Crippen LogP) is 5.17. The molecule has 0 unspecified atom stereocenters. The number of benzene rings is 2. The van der Waals surface area contributed by atoms with Gasteiger partial charge in [-0.05, 0) is 59.7 Å². The Hall–Kier alpha value is -3.95. The Balaban J connectivity index is 1.72. The van der Waals surface area contributed by atoms with Crippen molar-refractivity contribution in [1.82, 2.24) is 4.98 Å². The fourth-order valence-corrected chi connectivity index (χ4v) is 2.36. The van der Waals surface area contributed by atoms with Crippen molar-refractivity contribution in [2.75, 3.05) is 0 Å². The number of hydrogen-bond acceptors (Lipinski definition) is 3. The third kappa shape index (κ3) is 4.54. The van der Waals surface area contributed by atoms with Crippen molar-refractivity contribution >= 4 is 24.3 Å². The van der Waals surface area contributed by atoms with E-state index >= 15 is 0 Å². The van der Waals surface area contributed by atoms with Crippen molar-refractivity contribution in [3.63, 3.8) is 0 Å². The summed E-state index contributed by atoms with van der Waals surface area (Å²) in [5.74, 6) is 0. The Kier molecular flexibility index (Phi) is 5.35. The van der Waals surface area contributed by atoms with Crippen molar-refractivity contribution in [3.8, 4) is 12.1 Å². The van der Waals surface area contributed by atoms with Crippen LogP contribution in [0.25, 0.3) is 24.3 Å². The molecule has 0 aliphatic rings. The maximum atomic E-state index is 8.83. The summed E-state index contributed by atoms with van der Waals surface area (Å²) >= 11 is 0. The van der Waals surface area contributed by atoms with Gasteiger partial charge in [0.15, 0.2) is 0 Å². The first-order valence-corrected chi connectivity index (χ1v) is 8.10. The molecular weight excluding hydrogens is 318 g/mol. The first-order valence-electron chi connectivity index (χ1n) is 8.10. The molecule has 2 aromatic carbocycles. The largest absolute Gasteiger partial charge is 0.249 e. The molecule has 0 fully saturated rings. The molecule has 3 rings (SSSR count). The zero-order chi connectivity index (χ0) is 18.2. The highest BCUT2D eigenvalue weighted by Gasteiger charge is 1.94. The Bertz CT molecular complexity index is 946. The van der Waals surface area contributed by atoms with Crippen molar-refractivity contribution in [3.05, 3.63) is 100 Å². The summed E-state index contributed by atoms with van der Waals surface area (Å²) in [6.07, 6.45) is 7.83. The normalized spacial score (nSPS) is 10.7. The second-order valence-electron chi connectivity index (χ2n) is 5.62. The molecule has 3 heteroatoms. The summed E-state index contributed by atoms with van der Waals surface area (Å²) in [6.45, 7) is 0. The lowest BCUT2D eigenvalue weighted by atomic mass is 10.1. The fraction of sp³-hybridized carbons (Fsp3) is 0. The number of rotatable bonds is 4. The van der Waals surface area contributed by atoms with Gasteiger partial charge in [-0.3, -0.25) is 0 Å². The Morgan fingerprint density at radius 2 is 1.00 bits per heavy atom. The molecule has 3 aromatic rings. The van der Waals surface area contributed by atoms with Gasteiger partial charge in [0.1, 0.15) is 0 Å². The van der Waals surface area contributed by atoms with Crippen LogP contribution in [0, 0.1) is 22.7 Å². The maximum Gasteiger partial charge on any atom is 0.0991 e. The van der Waals surface area contributed by atoms with Gasteiger partial charge in [-0.1, -0.05) is 42.5 Å². The summed E-state index contributed by atoms with van der Waals surface area (Å²) in [5, 5.41) is 17.7. The molecular formula is C23H15N3. The van der Waals surface area contributed by atoms with E-state index in [0.29, 0.717) is 11.1 Å². The monoisotopic (exact) mass is 333 g/mol. The number of nitriles is 2. The van der Waals surface area contributed by atoms with E-state index in [-0.39, 0.29) is 0 Å². The van der Waals surface area contributed by atoms with Crippen LogP contribution in [-0.2, 0) is 0 Å². The molecule has 0 aliphatic carbocycles. The Labute approximate surface area is 152 Å². The second-order valence-corrected chi connectivity index (χ2v) is 5.62. The van der Waals surface area contributed by atoms with E-state index in [1.807, 2.05) is 66.8 Å². The van der Waals surface area contributed by atoms with Gasteiger partial charge in [0.25, 0.3) is 0 Å². The minimum absolute atomic E-state index is 0.648. The number of aromatic nitrogens is 1. The maximum absolute atomic E-state index is 8.83. The molecule has 0 aliphatic heterocycles. The molecule has 0 saturated heterocycles. The summed E-state index contributed by atoms with van der Waals surface area (Å²) in [4.78, 5) is 4.59. The third-order valence-corrected chi connectivity index (χ3v) is 3.76. The fourth-order valence-electron chi connectivity index (χ4n) is 2.36. The van der Waals surface area contributed by atoms with Gasteiger partial charge in [0.2, 0.25) is 0 Å². The summed E-state index contributed by atoms with van der Waals surface area (Å²) < 4.78 is 0. The van der Waals surface area contributed by atoms with E-state index in [0.717, 1.165) is 22.5 Å². The van der Waals surface area contributed by atoms with Crippen LogP contribution in [0.3, 0.4) is 0 Å². The molecule has 26 heavy (non-hydrogen) atoms. The van der Waals surface area contributed by atoms with Gasteiger partial charge in [-0.15, -0.1) is 0 Å². The van der Waals surface area contributed by atoms with Crippen LogP contribution in [0.5, 0.6) is 0 Å². The van der Waals surface area contributed by atoms with Gasteiger partial charge in [-0.2, -0.15) is 10.5 Å². The third-order valence-electron chi connectivity index (χ3n) is 3.76. The Morgan fingerprint density at radius 3 is 1.38 bits per heavy atom. The van der Waals surface area contributed by atoms with Crippen molar-refractivity contribution in [2.45, 2.75) is 0 Å². The van der Waals surface area contributed by atoms with E-state index in [4.69, 9.17) is 10.5 Å². The first-order chi connectivity index (χ1) is 12.8. The minimum Gasteiger partial charge on any atom is -0.249 e. The van der Waals surface area contributed by atoms with Crippen LogP contribution in [0.2, 0.25) is 0 Å². The Morgan fingerprint density at radius 1 is 0.577 bits per heavy atom. The molecule has 122 valence electrons. The predicted molar refractivity (Wildman–Crippen MR) is 104 cm³/mol. The zero-order valence-electron chi connectivity index (χ0n) is 14.0. The summed E-state index contributed by atoms with van der Waals surface area (Å²) in [7, 11) is 0. The zero-order valence-corrected chi connectivity index (χ0v) is 14.0. The van der Waals surface area contributed by atoms with Crippen LogP contribution in [0.4, 0.5) is 0 Å². The summed E-state index contributed by atoms with van der Waals surface area (Å²) in [6, 6.07) is 24.9. The van der Waals surface area contributed by atoms with Gasteiger partial charge >= 0.3 is 0 Å². The average molecular weight is 333 g/mol. The molecule has 0 radical (unpaired) electrons. The molecule has 0 N–H and O–H groups in total. The van der Waals surface area contributed by atoms with Gasteiger partial charge in [0.05, 0.1) is 34.7 Å². The van der Waals surface area contributed by atoms with Crippen LogP contribution in [0.15, 0.2) is 66.7 Å². The summed E-state index contributed by atoms with van der Waals surface area (Å²) in [5.41, 5.74) is 5.05. The van der Waals surface area contributed by atoms with E-state index in [2.05, 4.69) is 17.1 Å². The first kappa shape index (κ1) is 16.9. The second kappa shape index (κ2) is 8.24. The molecule has 0 atom stereocenters. The number of nitrogens with zero attached hydrogens (tertiary/aromatic N) is 3. The lowest BCUT2D eigenvalue weighted by Crippen LogP contribution is -1.84. The lowest BCUT2D eigenvalue weighted by Gasteiger charge is -1.98. The van der Waals surface area contributed by atoms with Crippen LogP contribution >= 0.6 is 0 Å². The highest BCUT2D eigenvalue weighted by Crippen LogP contribution is 2.11. The van der Waals surface area contributed by atoms with E-state index in [1.54, 1.807) is 24.3 Å². The van der Waals surface area contributed by atoms with Gasteiger partial charge < -0.3 is 0 Å². The molecule has 3 nitrogen and oxygen atoms in total. The quantitative estimate of drug-likeness (QED) is 0.662. The smallest absolute Gasteiger partial charge is 0.0991 e. The SMILES string of the molecule is N#Cc1ccc(/C=C/c2cccc(/C=C/c3ccc(C#N)cc3)n2)cc1. The molecule has 1 aromatic heterocycles. The number of pyridine rings is 1. The topological polar surface area (TPSA) is 60.5 Å². The standard InChI is InChI=1S/C23H15N3/c24-16-20-8-4-18(5-9-20)12-14-22-2-1-3-23(26-22)15-13-19-6-10-21(17-25)11-7-19/h1-15H/b14-12+,15-13+. The van der Waals surface area contributed by atoms with Crippen molar-refractivity contribution in [1.29, 1.82) is 10.5 Å². The van der Waals surface area contributed by atoms with Crippen molar-refractivity contribution in [2.24, 2.45) is 0 Å². The highest BCUT2D eigenvalue weighted by molar-refractivity contribution is 5.71. The van der Waals surface area contributed by atoms with Crippen LogP contribution < -0.4 is 0 Å². The lowest BCUT2D eigenvalue weighted by molar-refractivity contribution is 1.27. The average Bonchev–Trinajstić information content (AvgIpc) is 2.72. The van der Waals surface area contributed by atoms with E-state index in [9.17, 15) is 0 Å². The molecule has 0 amide bonds. The molecule has 0 bridgehead atoms. The molecule has 0 spiro atoms. The van der Waals surface area contributed by atoms with E-state index in [1.165, 1.54) is 0 Å². The van der Waals surface area contributed by atoms with Crippen molar-refractivity contribution < 1.29 is 0 Å². The van der Waals surface area contributed by atoms with E-state index < -0.39 is 0 Å². The highest BCUT2D eigenvalue weighted by atomic mass is 14.7. The minimum atomic E-state index is 0.648. The van der Waals surface area contributed by atoms with Gasteiger partial charge in [0, 0.05) is 0 Å². The van der Waals surface area contributed by atoms with Gasteiger partial charge in [-0.25, -0.2) is 4.98 Å².